The van der Waals surface area contributed by atoms with Gasteiger partial charge in [0.05, 0.1) is 38.6 Å². The molecule has 101 heavy (non-hydrogen) atoms. The SMILES string of the molecule is CCCCCCCCCCCCCCCCCCCCCCCCCCCCCCCCC/C=C/C(O)C(COC1OC(CO)C(OC2OC(CO)C(OC3OC(CO)C(O)C(O)C3O)C(O)C2O)C(O)C1O)NC(=O)CCCCCCCCCCCCCCCCCCCCCCCCC. The molecular formula is C82H157NO18. The first-order chi connectivity index (χ1) is 49.3. The van der Waals surface area contributed by atoms with Crippen LogP contribution in [0.1, 0.15) is 373 Å². The van der Waals surface area contributed by atoms with Crippen LogP contribution >= 0.6 is 0 Å². The summed E-state index contributed by atoms with van der Waals surface area (Å²) in [7, 11) is 0. The Hall–Kier alpha value is -1.47. The van der Waals surface area contributed by atoms with Gasteiger partial charge in [0.15, 0.2) is 18.9 Å². The Balaban J connectivity index is 1.35. The molecule has 0 aliphatic carbocycles. The van der Waals surface area contributed by atoms with Crippen LogP contribution in [0.3, 0.4) is 0 Å². The first-order valence-electron chi connectivity index (χ1n) is 42.4. The van der Waals surface area contributed by atoms with Crippen molar-refractivity contribution >= 4 is 5.91 Å². The monoisotopic (exact) mass is 1440 g/mol. The lowest BCUT2D eigenvalue weighted by Crippen LogP contribution is -2.66. The molecule has 0 saturated carbocycles. The van der Waals surface area contributed by atoms with Crippen LogP contribution in [0, 0.1) is 0 Å². The van der Waals surface area contributed by atoms with Crippen molar-refractivity contribution in [1.29, 1.82) is 0 Å². The maximum atomic E-state index is 13.5. The van der Waals surface area contributed by atoms with Crippen LogP contribution in [0.15, 0.2) is 12.2 Å². The Morgan fingerprint density at radius 3 is 0.931 bits per heavy atom. The average Bonchev–Trinajstić information content (AvgIpc) is 0.792. The van der Waals surface area contributed by atoms with E-state index in [0.29, 0.717) is 6.42 Å². The highest BCUT2D eigenvalue weighted by Gasteiger charge is 2.54. The van der Waals surface area contributed by atoms with Gasteiger partial charge in [-0.3, -0.25) is 4.79 Å². The molecule has 19 heteroatoms. The fourth-order valence-electron chi connectivity index (χ4n) is 14.8. The molecule has 17 atom stereocenters. The second-order valence-electron chi connectivity index (χ2n) is 30.7. The average molecular weight is 1450 g/mol. The summed E-state index contributed by atoms with van der Waals surface area (Å²) < 4.78 is 34.5. The largest absolute Gasteiger partial charge is 0.394 e. The zero-order valence-electron chi connectivity index (χ0n) is 64.2. The van der Waals surface area contributed by atoms with Gasteiger partial charge in [0.2, 0.25) is 5.91 Å². The van der Waals surface area contributed by atoms with E-state index in [1.165, 1.54) is 302 Å². The van der Waals surface area contributed by atoms with E-state index in [-0.39, 0.29) is 18.9 Å². The Morgan fingerprint density at radius 1 is 0.347 bits per heavy atom. The van der Waals surface area contributed by atoms with E-state index in [2.05, 4.69) is 19.2 Å². The minimum absolute atomic E-state index is 0.250. The molecule has 17 unspecified atom stereocenters. The van der Waals surface area contributed by atoms with Crippen LogP contribution in [0.2, 0.25) is 0 Å². The van der Waals surface area contributed by atoms with Crippen LogP contribution in [-0.2, 0) is 33.2 Å². The lowest BCUT2D eigenvalue weighted by Gasteiger charge is -2.48. The molecule has 3 heterocycles. The van der Waals surface area contributed by atoms with E-state index < -0.39 is 124 Å². The molecular weight excluding hydrogens is 1290 g/mol. The predicted molar refractivity (Wildman–Crippen MR) is 402 cm³/mol. The summed E-state index contributed by atoms with van der Waals surface area (Å²) >= 11 is 0. The smallest absolute Gasteiger partial charge is 0.220 e. The highest BCUT2D eigenvalue weighted by molar-refractivity contribution is 5.76. The summed E-state index contributed by atoms with van der Waals surface area (Å²) in [4.78, 5) is 13.5. The van der Waals surface area contributed by atoms with Crippen LogP contribution in [0.25, 0.3) is 0 Å². The zero-order chi connectivity index (χ0) is 73.2. The van der Waals surface area contributed by atoms with Gasteiger partial charge in [-0.15, -0.1) is 0 Å². The van der Waals surface area contributed by atoms with Crippen molar-refractivity contribution < 1.29 is 89.4 Å². The number of carbonyl (C=O) groups is 1. The van der Waals surface area contributed by atoms with Crippen LogP contribution in [-0.4, -0.2) is 193 Å². The summed E-state index contributed by atoms with van der Waals surface area (Å²) in [6.45, 7) is 1.81. The van der Waals surface area contributed by atoms with E-state index in [9.17, 15) is 61.0 Å². The van der Waals surface area contributed by atoms with Crippen LogP contribution < -0.4 is 5.32 Å². The van der Waals surface area contributed by atoms with Crippen molar-refractivity contribution in [2.24, 2.45) is 0 Å². The number of allylic oxidation sites excluding steroid dienone is 1. The van der Waals surface area contributed by atoms with Gasteiger partial charge < -0.3 is 89.9 Å². The number of rotatable bonds is 69. The fraction of sp³-hybridized carbons (Fsp3) is 0.963. The van der Waals surface area contributed by atoms with E-state index in [1.807, 2.05) is 6.08 Å². The quantitative estimate of drug-likeness (QED) is 0.0199. The topological polar surface area (TPSA) is 307 Å². The Bertz CT molecular complexity index is 1870. The fourth-order valence-corrected chi connectivity index (χ4v) is 14.8. The van der Waals surface area contributed by atoms with Crippen LogP contribution in [0.5, 0.6) is 0 Å². The summed E-state index contributed by atoms with van der Waals surface area (Å²) in [6, 6.07) is -0.970. The van der Waals surface area contributed by atoms with Gasteiger partial charge in [0.25, 0.3) is 0 Å². The lowest BCUT2D eigenvalue weighted by atomic mass is 9.96. The van der Waals surface area contributed by atoms with Crippen molar-refractivity contribution in [1.82, 2.24) is 5.32 Å². The second-order valence-corrected chi connectivity index (χ2v) is 30.7. The molecule has 0 aromatic rings. The number of unbranched alkanes of at least 4 members (excludes halogenated alkanes) is 53. The van der Waals surface area contributed by atoms with Crippen molar-refractivity contribution in [3.05, 3.63) is 12.2 Å². The van der Waals surface area contributed by atoms with E-state index in [1.54, 1.807) is 6.08 Å². The third-order valence-corrected chi connectivity index (χ3v) is 21.6. The summed E-state index contributed by atoms with van der Waals surface area (Å²) in [5.41, 5.74) is 0. The highest BCUT2D eigenvalue weighted by atomic mass is 16.8. The van der Waals surface area contributed by atoms with Crippen molar-refractivity contribution in [3.63, 3.8) is 0 Å². The van der Waals surface area contributed by atoms with E-state index in [0.717, 1.165) is 44.9 Å². The molecule has 0 spiro atoms. The number of hydrogen-bond acceptors (Lipinski definition) is 18. The van der Waals surface area contributed by atoms with Crippen molar-refractivity contribution in [2.75, 3.05) is 26.4 Å². The standard InChI is InChI=1S/C82H157NO18/c1-3-5-7-9-11-13-15-17-19-21-23-25-27-28-29-30-31-32-33-34-35-36-38-39-41-43-45-47-49-51-53-55-57-59-66(87)65(83-70(88)60-58-56-54-52-50-48-46-44-42-40-37-26-24-22-20-18-16-14-12-10-8-6-4-2)64-96-80-76(94)73(91)78(68(62-85)98-80)101-82-77(95)74(92)79(69(63-86)99-82)100-81-75(93)72(90)71(89)67(61-84)97-81/h57,59,65-69,71-82,84-87,89-95H,3-56,58,60-64H2,1-2H3,(H,83,88)/b59-57+. The molecule has 3 saturated heterocycles. The number of ether oxygens (including phenoxy) is 6. The van der Waals surface area contributed by atoms with Gasteiger partial charge in [-0.1, -0.05) is 360 Å². The molecule has 3 aliphatic rings. The van der Waals surface area contributed by atoms with Crippen molar-refractivity contribution in [3.8, 4) is 0 Å². The Labute approximate surface area is 614 Å². The number of hydrogen-bond donors (Lipinski definition) is 12. The molecule has 12 N–H and O–H groups in total. The normalized spacial score (nSPS) is 26.3. The van der Waals surface area contributed by atoms with Gasteiger partial charge in [-0.05, 0) is 19.3 Å². The molecule has 1 amide bonds. The molecule has 0 aromatic carbocycles. The molecule has 0 aromatic heterocycles. The minimum atomic E-state index is -1.98. The first kappa shape index (κ1) is 93.7. The second kappa shape index (κ2) is 63.5. The van der Waals surface area contributed by atoms with Gasteiger partial charge in [-0.2, -0.15) is 0 Å². The number of aliphatic hydroxyl groups excluding tert-OH is 11. The van der Waals surface area contributed by atoms with E-state index >= 15 is 0 Å². The minimum Gasteiger partial charge on any atom is -0.394 e. The number of nitrogens with one attached hydrogen (secondary N) is 1. The highest BCUT2D eigenvalue weighted by Crippen LogP contribution is 2.33. The first-order valence-corrected chi connectivity index (χ1v) is 42.4. The zero-order valence-corrected chi connectivity index (χ0v) is 64.2. The molecule has 0 radical (unpaired) electrons. The number of aliphatic hydroxyl groups is 11. The van der Waals surface area contributed by atoms with E-state index in [4.69, 9.17) is 28.4 Å². The number of carbonyl (C=O) groups excluding carboxylic acids is 1. The molecule has 3 fully saturated rings. The molecule has 598 valence electrons. The summed E-state index contributed by atoms with van der Waals surface area (Å²) in [5, 5.41) is 121. The summed E-state index contributed by atoms with van der Waals surface area (Å²) in [6.07, 6.45) is 49.3. The number of amides is 1. The predicted octanol–water partition coefficient (Wildman–Crippen LogP) is 14.7. The maximum Gasteiger partial charge on any atom is 0.220 e. The summed E-state index contributed by atoms with van der Waals surface area (Å²) in [5.74, 6) is -0.266. The van der Waals surface area contributed by atoms with Gasteiger partial charge in [0, 0.05) is 6.42 Å². The van der Waals surface area contributed by atoms with Gasteiger partial charge >= 0.3 is 0 Å². The van der Waals surface area contributed by atoms with Gasteiger partial charge in [-0.25, -0.2) is 0 Å². The van der Waals surface area contributed by atoms with Crippen molar-refractivity contribution in [2.45, 2.75) is 478 Å². The lowest BCUT2D eigenvalue weighted by molar-refractivity contribution is -0.379. The molecule has 0 bridgehead atoms. The molecule has 3 rings (SSSR count). The van der Waals surface area contributed by atoms with Crippen LogP contribution in [0.4, 0.5) is 0 Å². The molecule has 3 aliphatic heterocycles. The Kier molecular flexibility index (Phi) is 58.9. The third kappa shape index (κ3) is 43.3. The Morgan fingerprint density at radius 2 is 0.614 bits per heavy atom. The maximum absolute atomic E-state index is 13.5. The molecule has 19 nitrogen and oxygen atoms in total. The van der Waals surface area contributed by atoms with Gasteiger partial charge in [0.1, 0.15) is 73.2 Å². The third-order valence-electron chi connectivity index (χ3n) is 21.6.